The van der Waals surface area contributed by atoms with Crippen molar-refractivity contribution in [2.75, 3.05) is 13.1 Å². The number of ether oxygens (including phenoxy) is 1. The molecule has 0 bridgehead atoms. The van der Waals surface area contributed by atoms with E-state index in [1.165, 1.54) is 0 Å². The van der Waals surface area contributed by atoms with Crippen LogP contribution in [0, 0.1) is 0 Å². The van der Waals surface area contributed by atoms with Gasteiger partial charge in [-0.25, -0.2) is 4.79 Å². The molecule has 1 heterocycles. The Labute approximate surface area is 121 Å². The maximum Gasteiger partial charge on any atom is 0.321 e. The summed E-state index contributed by atoms with van der Waals surface area (Å²) in [6, 6.07) is -0.807. The van der Waals surface area contributed by atoms with Crippen LogP contribution in [-0.4, -0.2) is 53.7 Å². The van der Waals surface area contributed by atoms with Crippen LogP contribution in [0.1, 0.15) is 41.5 Å². The van der Waals surface area contributed by atoms with Gasteiger partial charge in [0.2, 0.25) is 5.91 Å². The molecule has 0 aromatic heterocycles. The third-order valence-corrected chi connectivity index (χ3v) is 3.10. The first-order valence-electron chi connectivity index (χ1n) is 7.11. The topological polar surface area (TPSA) is 70.7 Å². The minimum atomic E-state index is -0.455. The van der Waals surface area contributed by atoms with E-state index in [0.717, 1.165) is 0 Å². The molecule has 0 aromatic carbocycles. The fraction of sp³-hybridized carbons (Fsp3) is 0.857. The van der Waals surface area contributed by atoms with Crippen LogP contribution in [0.25, 0.3) is 0 Å². The number of carbonyl (C=O) groups excluding carboxylic acids is 2. The second-order valence-electron chi connectivity index (χ2n) is 6.58. The minimum absolute atomic E-state index is 0.0948. The first-order chi connectivity index (χ1) is 9.08. The van der Waals surface area contributed by atoms with Gasteiger partial charge in [0.1, 0.15) is 0 Å². The predicted octanol–water partition coefficient (Wildman–Crippen LogP) is 1.11. The molecule has 1 aliphatic rings. The summed E-state index contributed by atoms with van der Waals surface area (Å²) < 4.78 is 5.64. The number of nitrogens with one attached hydrogen (secondary N) is 2. The molecule has 0 aliphatic carbocycles. The van der Waals surface area contributed by atoms with E-state index in [9.17, 15) is 9.59 Å². The smallest absolute Gasteiger partial charge is 0.321 e. The van der Waals surface area contributed by atoms with Crippen molar-refractivity contribution in [3.05, 3.63) is 0 Å². The summed E-state index contributed by atoms with van der Waals surface area (Å²) >= 11 is 0. The molecule has 1 saturated heterocycles. The SMILES string of the molecule is C[C@@H]1CN([C@@H](C)C(=O)NC(=O)NC(C)(C)C)C[C@@H](C)O1. The summed E-state index contributed by atoms with van der Waals surface area (Å²) in [6.45, 7) is 12.8. The average Bonchev–Trinajstić information content (AvgIpc) is 2.23. The molecule has 1 aliphatic heterocycles. The van der Waals surface area contributed by atoms with E-state index in [0.29, 0.717) is 13.1 Å². The highest BCUT2D eigenvalue weighted by Crippen LogP contribution is 2.13. The van der Waals surface area contributed by atoms with Crippen molar-refractivity contribution in [3.8, 4) is 0 Å². The van der Waals surface area contributed by atoms with Gasteiger partial charge in [-0.3, -0.25) is 15.0 Å². The summed E-state index contributed by atoms with van der Waals surface area (Å²) in [6.07, 6.45) is 0.190. The minimum Gasteiger partial charge on any atom is -0.373 e. The lowest BCUT2D eigenvalue weighted by Gasteiger charge is -2.38. The van der Waals surface area contributed by atoms with Gasteiger partial charge in [-0.1, -0.05) is 0 Å². The van der Waals surface area contributed by atoms with Crippen LogP contribution < -0.4 is 10.6 Å². The number of hydrogen-bond acceptors (Lipinski definition) is 4. The maximum absolute atomic E-state index is 12.1. The van der Waals surface area contributed by atoms with Crippen LogP contribution in [0.4, 0.5) is 4.79 Å². The maximum atomic E-state index is 12.1. The van der Waals surface area contributed by atoms with Crippen molar-refractivity contribution in [2.24, 2.45) is 0 Å². The number of hydrogen-bond donors (Lipinski definition) is 2. The molecule has 1 fully saturated rings. The number of morpholine rings is 1. The molecule has 0 saturated carbocycles. The second kappa shape index (κ2) is 6.54. The van der Waals surface area contributed by atoms with Crippen molar-refractivity contribution < 1.29 is 14.3 Å². The van der Waals surface area contributed by atoms with Crippen molar-refractivity contribution in [2.45, 2.75) is 65.3 Å². The lowest BCUT2D eigenvalue weighted by atomic mass is 10.1. The lowest BCUT2D eigenvalue weighted by Crippen LogP contribution is -2.56. The number of amides is 3. The third kappa shape index (κ3) is 5.46. The number of rotatable bonds is 2. The molecule has 0 spiro atoms. The Morgan fingerprint density at radius 2 is 1.70 bits per heavy atom. The van der Waals surface area contributed by atoms with Gasteiger partial charge >= 0.3 is 6.03 Å². The van der Waals surface area contributed by atoms with Crippen LogP contribution >= 0.6 is 0 Å². The van der Waals surface area contributed by atoms with E-state index in [-0.39, 0.29) is 29.7 Å². The van der Waals surface area contributed by atoms with Gasteiger partial charge in [0.05, 0.1) is 18.2 Å². The molecule has 3 amide bonds. The van der Waals surface area contributed by atoms with Gasteiger partial charge in [-0.2, -0.15) is 0 Å². The van der Waals surface area contributed by atoms with Gasteiger partial charge in [0.15, 0.2) is 0 Å². The van der Waals surface area contributed by atoms with Crippen LogP contribution in [0.5, 0.6) is 0 Å². The van der Waals surface area contributed by atoms with E-state index < -0.39 is 6.03 Å². The lowest BCUT2D eigenvalue weighted by molar-refractivity contribution is -0.130. The molecule has 2 N–H and O–H groups in total. The fourth-order valence-electron chi connectivity index (χ4n) is 2.29. The van der Waals surface area contributed by atoms with E-state index in [4.69, 9.17) is 4.74 Å². The zero-order chi connectivity index (χ0) is 15.5. The Hall–Kier alpha value is -1.14. The zero-order valence-corrected chi connectivity index (χ0v) is 13.3. The third-order valence-electron chi connectivity index (χ3n) is 3.10. The Balaban J connectivity index is 2.52. The van der Waals surface area contributed by atoms with Gasteiger partial charge < -0.3 is 10.1 Å². The molecule has 6 nitrogen and oxygen atoms in total. The molecule has 6 heteroatoms. The first-order valence-corrected chi connectivity index (χ1v) is 7.11. The summed E-state index contributed by atoms with van der Waals surface area (Å²) in [5.41, 5.74) is -0.365. The molecule has 1 rings (SSSR count). The molecular formula is C14H27N3O3. The van der Waals surface area contributed by atoms with Crippen LogP contribution in [0.2, 0.25) is 0 Å². The molecular weight excluding hydrogens is 258 g/mol. The van der Waals surface area contributed by atoms with Crippen molar-refractivity contribution in [1.29, 1.82) is 0 Å². The molecule has 3 atom stereocenters. The summed E-state index contributed by atoms with van der Waals surface area (Å²) in [5, 5.41) is 5.10. The summed E-state index contributed by atoms with van der Waals surface area (Å²) in [7, 11) is 0. The fourth-order valence-corrected chi connectivity index (χ4v) is 2.29. The zero-order valence-electron chi connectivity index (χ0n) is 13.3. The number of carbonyl (C=O) groups is 2. The standard InChI is InChI=1S/C14H27N3O3/c1-9-7-17(8-10(2)20-9)11(3)12(18)15-13(19)16-14(4,5)6/h9-11H,7-8H2,1-6H3,(H2,15,16,18,19)/t9-,10-,11+/m1/s1. The predicted molar refractivity (Wildman–Crippen MR) is 77.5 cm³/mol. The molecule has 0 aromatic rings. The summed E-state index contributed by atoms with van der Waals surface area (Å²) in [5.74, 6) is -0.284. The van der Waals surface area contributed by atoms with Gasteiger partial charge in [0, 0.05) is 18.6 Å². The van der Waals surface area contributed by atoms with Crippen molar-refractivity contribution in [3.63, 3.8) is 0 Å². The van der Waals surface area contributed by atoms with Gasteiger partial charge in [-0.15, -0.1) is 0 Å². The molecule has 0 unspecified atom stereocenters. The highest BCUT2D eigenvalue weighted by molar-refractivity contribution is 5.97. The Bertz CT molecular complexity index is 355. The van der Waals surface area contributed by atoms with Crippen LogP contribution in [0.3, 0.4) is 0 Å². The first kappa shape index (κ1) is 16.9. The van der Waals surface area contributed by atoms with E-state index in [2.05, 4.69) is 10.6 Å². The Morgan fingerprint density at radius 1 is 1.20 bits per heavy atom. The van der Waals surface area contributed by atoms with Crippen LogP contribution in [-0.2, 0) is 9.53 Å². The number of nitrogens with zero attached hydrogens (tertiary/aromatic N) is 1. The highest BCUT2D eigenvalue weighted by atomic mass is 16.5. The van der Waals surface area contributed by atoms with Crippen molar-refractivity contribution in [1.82, 2.24) is 15.5 Å². The summed E-state index contributed by atoms with van der Waals surface area (Å²) in [4.78, 5) is 25.8. The quantitative estimate of drug-likeness (QED) is 0.797. The molecule has 20 heavy (non-hydrogen) atoms. The van der Waals surface area contributed by atoms with E-state index >= 15 is 0 Å². The molecule has 0 radical (unpaired) electrons. The highest BCUT2D eigenvalue weighted by Gasteiger charge is 2.30. The van der Waals surface area contributed by atoms with E-state index in [1.807, 2.05) is 46.4 Å². The van der Waals surface area contributed by atoms with Gasteiger partial charge in [0.25, 0.3) is 0 Å². The number of urea groups is 1. The van der Waals surface area contributed by atoms with Crippen LogP contribution in [0.15, 0.2) is 0 Å². The second-order valence-corrected chi connectivity index (χ2v) is 6.58. The normalized spacial score (nSPS) is 25.9. The number of imide groups is 1. The largest absolute Gasteiger partial charge is 0.373 e. The Kier molecular flexibility index (Phi) is 5.53. The van der Waals surface area contributed by atoms with Gasteiger partial charge in [-0.05, 0) is 41.5 Å². The monoisotopic (exact) mass is 285 g/mol. The van der Waals surface area contributed by atoms with E-state index in [1.54, 1.807) is 0 Å². The molecule has 116 valence electrons. The average molecular weight is 285 g/mol. The Morgan fingerprint density at radius 3 is 2.15 bits per heavy atom. The van der Waals surface area contributed by atoms with Crippen molar-refractivity contribution >= 4 is 11.9 Å².